The number of carbonyl (C=O) groups is 1. The van der Waals surface area contributed by atoms with Crippen LogP contribution in [0.3, 0.4) is 0 Å². The van der Waals surface area contributed by atoms with Gasteiger partial charge in [-0.15, -0.1) is 6.58 Å². The summed E-state index contributed by atoms with van der Waals surface area (Å²) in [6.45, 7) is 5.56. The van der Waals surface area contributed by atoms with Gasteiger partial charge in [0.05, 0.1) is 25.8 Å². The van der Waals surface area contributed by atoms with Crippen LogP contribution in [0, 0.1) is 10.1 Å². The van der Waals surface area contributed by atoms with Crippen LogP contribution >= 0.6 is 11.3 Å². The first kappa shape index (κ1) is 20.6. The summed E-state index contributed by atoms with van der Waals surface area (Å²) in [7, 11) is -3.35. The number of carbonyl (C=O) groups excluding carboxylic acids is 1. The highest BCUT2D eigenvalue weighted by Gasteiger charge is 2.15. The Balaban J connectivity index is 2.07. The minimum atomic E-state index is -3.35. The van der Waals surface area contributed by atoms with Crippen LogP contribution in [0.1, 0.15) is 17.3 Å². The van der Waals surface area contributed by atoms with Gasteiger partial charge in [-0.1, -0.05) is 24.3 Å². The van der Waals surface area contributed by atoms with Crippen LogP contribution in [0.2, 0.25) is 0 Å². The van der Waals surface area contributed by atoms with Gasteiger partial charge in [-0.25, -0.2) is 8.42 Å². The monoisotopic (exact) mass is 431 g/mol. The molecule has 0 radical (unpaired) electrons. The zero-order valence-electron chi connectivity index (χ0n) is 15.4. The number of aromatic nitrogens is 1. The molecule has 0 aliphatic heterocycles. The van der Waals surface area contributed by atoms with Crippen LogP contribution in [0.25, 0.3) is 10.2 Å². The van der Waals surface area contributed by atoms with Crippen molar-refractivity contribution in [2.24, 2.45) is 4.99 Å². The molecule has 0 bridgehead atoms. The fourth-order valence-corrected chi connectivity index (χ4v) is 4.59. The first-order valence-electron chi connectivity index (χ1n) is 8.57. The lowest BCUT2D eigenvalue weighted by molar-refractivity contribution is -0.384. The smallest absolute Gasteiger partial charge is 0.279 e. The third kappa shape index (κ3) is 4.17. The fraction of sp³-hybridized carbons (Fsp3) is 0.158. The van der Waals surface area contributed by atoms with Crippen molar-refractivity contribution in [3.05, 3.63) is 75.6 Å². The van der Waals surface area contributed by atoms with Gasteiger partial charge >= 0.3 is 0 Å². The summed E-state index contributed by atoms with van der Waals surface area (Å²) >= 11 is 1.23. The van der Waals surface area contributed by atoms with Crippen molar-refractivity contribution in [1.82, 2.24) is 4.57 Å². The van der Waals surface area contributed by atoms with Crippen LogP contribution in [-0.2, 0) is 16.4 Å². The maximum absolute atomic E-state index is 12.6. The second kappa shape index (κ2) is 8.10. The standard InChI is InChI=1S/C19H17N3O5S2/c1-3-11-21-16-12-14(22(24)25)7-10-17(16)28-19(21)20-18(23)13-5-8-15(9-6-13)29(26,27)4-2/h3,5-10,12H,1,4,11H2,2H3. The molecule has 3 aromatic rings. The molecule has 0 saturated carbocycles. The SMILES string of the molecule is C=CCn1c(=NC(=O)c2ccc(S(=O)(=O)CC)cc2)sc2ccc([N+](=O)[O-])cc21. The highest BCUT2D eigenvalue weighted by atomic mass is 32.2. The normalized spacial score (nSPS) is 12.2. The third-order valence-electron chi connectivity index (χ3n) is 4.23. The highest BCUT2D eigenvalue weighted by Crippen LogP contribution is 2.23. The Labute approximate surface area is 170 Å². The molecule has 0 aliphatic rings. The summed E-state index contributed by atoms with van der Waals surface area (Å²) in [4.78, 5) is 27.8. The van der Waals surface area contributed by atoms with Gasteiger partial charge < -0.3 is 4.57 Å². The van der Waals surface area contributed by atoms with E-state index >= 15 is 0 Å². The predicted octanol–water partition coefficient (Wildman–Crippen LogP) is 3.33. The Morgan fingerprint density at radius 2 is 1.97 bits per heavy atom. The number of nitro groups is 1. The molecule has 0 spiro atoms. The van der Waals surface area contributed by atoms with E-state index < -0.39 is 20.7 Å². The Kier molecular flexibility index (Phi) is 5.76. The van der Waals surface area contributed by atoms with Crippen molar-refractivity contribution >= 4 is 43.0 Å². The lowest BCUT2D eigenvalue weighted by Crippen LogP contribution is -2.16. The van der Waals surface area contributed by atoms with Crippen LogP contribution < -0.4 is 4.80 Å². The zero-order valence-corrected chi connectivity index (χ0v) is 17.1. The second-order valence-corrected chi connectivity index (χ2v) is 9.33. The number of sulfone groups is 1. The molecule has 150 valence electrons. The molecule has 2 aromatic carbocycles. The van der Waals surface area contributed by atoms with Crippen LogP contribution in [-0.4, -0.2) is 29.6 Å². The minimum Gasteiger partial charge on any atom is -0.312 e. The molecule has 1 amide bonds. The van der Waals surface area contributed by atoms with Crippen molar-refractivity contribution < 1.29 is 18.1 Å². The van der Waals surface area contributed by atoms with E-state index in [0.717, 1.165) is 4.70 Å². The third-order valence-corrected chi connectivity index (χ3v) is 7.04. The molecule has 0 saturated heterocycles. The van der Waals surface area contributed by atoms with E-state index in [2.05, 4.69) is 11.6 Å². The van der Waals surface area contributed by atoms with Gasteiger partial charge in [0.1, 0.15) is 0 Å². The first-order valence-corrected chi connectivity index (χ1v) is 11.0. The summed E-state index contributed by atoms with van der Waals surface area (Å²) in [5.41, 5.74) is 0.771. The number of thiazole rings is 1. The number of benzene rings is 2. The predicted molar refractivity (Wildman–Crippen MR) is 111 cm³/mol. The topological polar surface area (TPSA) is 112 Å². The van der Waals surface area contributed by atoms with E-state index in [0.29, 0.717) is 16.9 Å². The summed E-state index contributed by atoms with van der Waals surface area (Å²) in [6, 6.07) is 10.1. The quantitative estimate of drug-likeness (QED) is 0.338. The summed E-state index contributed by atoms with van der Waals surface area (Å²) in [5.74, 6) is -0.565. The minimum absolute atomic E-state index is 0.0276. The van der Waals surface area contributed by atoms with Crippen molar-refractivity contribution in [2.75, 3.05) is 5.75 Å². The summed E-state index contributed by atoms with van der Waals surface area (Å²) in [6.07, 6.45) is 1.61. The van der Waals surface area contributed by atoms with Gasteiger partial charge in [0, 0.05) is 24.2 Å². The largest absolute Gasteiger partial charge is 0.312 e. The molecule has 0 unspecified atom stereocenters. The molecule has 10 heteroatoms. The molecule has 29 heavy (non-hydrogen) atoms. The van der Waals surface area contributed by atoms with Crippen molar-refractivity contribution in [3.8, 4) is 0 Å². The van der Waals surface area contributed by atoms with E-state index in [9.17, 15) is 23.3 Å². The molecular weight excluding hydrogens is 414 g/mol. The molecule has 0 atom stereocenters. The second-order valence-electron chi connectivity index (χ2n) is 6.04. The maximum Gasteiger partial charge on any atom is 0.279 e. The van der Waals surface area contributed by atoms with Crippen LogP contribution in [0.4, 0.5) is 5.69 Å². The molecule has 0 N–H and O–H groups in total. The molecule has 8 nitrogen and oxygen atoms in total. The Hall–Kier alpha value is -3.11. The Morgan fingerprint density at radius 3 is 2.55 bits per heavy atom. The highest BCUT2D eigenvalue weighted by molar-refractivity contribution is 7.91. The number of nitro benzene ring substituents is 1. The number of rotatable bonds is 6. The zero-order chi connectivity index (χ0) is 21.2. The molecule has 0 aliphatic carbocycles. The van der Waals surface area contributed by atoms with Gasteiger partial charge in [0.25, 0.3) is 11.6 Å². The van der Waals surface area contributed by atoms with E-state index in [-0.39, 0.29) is 21.9 Å². The Morgan fingerprint density at radius 1 is 1.28 bits per heavy atom. The average molecular weight is 431 g/mol. The Bertz CT molecular complexity index is 1290. The molecule has 0 fully saturated rings. The maximum atomic E-state index is 12.6. The molecule has 3 rings (SSSR count). The number of allylic oxidation sites excluding steroid dienone is 1. The number of amides is 1. The van der Waals surface area contributed by atoms with Crippen molar-refractivity contribution in [2.45, 2.75) is 18.4 Å². The van der Waals surface area contributed by atoms with Crippen molar-refractivity contribution in [3.63, 3.8) is 0 Å². The van der Waals surface area contributed by atoms with Gasteiger partial charge in [-0.3, -0.25) is 14.9 Å². The van der Waals surface area contributed by atoms with Gasteiger partial charge in [0.2, 0.25) is 0 Å². The van der Waals surface area contributed by atoms with E-state index in [4.69, 9.17) is 0 Å². The number of hydrogen-bond donors (Lipinski definition) is 0. The van der Waals surface area contributed by atoms with Gasteiger partial charge in [-0.05, 0) is 30.3 Å². The molecule has 1 heterocycles. The van der Waals surface area contributed by atoms with E-state index in [1.165, 1.54) is 47.7 Å². The van der Waals surface area contributed by atoms with E-state index in [1.807, 2.05) is 0 Å². The lowest BCUT2D eigenvalue weighted by atomic mass is 10.2. The van der Waals surface area contributed by atoms with Crippen LogP contribution in [0.5, 0.6) is 0 Å². The fourth-order valence-electron chi connectivity index (χ4n) is 2.68. The number of nitrogens with zero attached hydrogens (tertiary/aromatic N) is 3. The number of hydrogen-bond acceptors (Lipinski definition) is 6. The van der Waals surface area contributed by atoms with Crippen molar-refractivity contribution in [1.29, 1.82) is 0 Å². The average Bonchev–Trinajstić information content (AvgIpc) is 3.04. The number of fused-ring (bicyclic) bond motifs is 1. The van der Waals surface area contributed by atoms with Gasteiger partial charge in [-0.2, -0.15) is 4.99 Å². The number of non-ortho nitro benzene ring substituents is 1. The first-order chi connectivity index (χ1) is 13.8. The lowest BCUT2D eigenvalue weighted by Gasteiger charge is -2.02. The molecular formula is C19H17N3O5S2. The van der Waals surface area contributed by atoms with E-state index in [1.54, 1.807) is 23.6 Å². The van der Waals surface area contributed by atoms with Crippen LogP contribution in [0.15, 0.2) is 65.0 Å². The summed E-state index contributed by atoms with van der Waals surface area (Å²) < 4.78 is 26.2. The summed E-state index contributed by atoms with van der Waals surface area (Å²) in [5, 5.41) is 11.1. The molecule has 1 aromatic heterocycles. The van der Waals surface area contributed by atoms with Gasteiger partial charge in [0.15, 0.2) is 14.6 Å².